The minimum absolute atomic E-state index is 0.231. The Labute approximate surface area is 126 Å². The minimum atomic E-state index is -0.231. The second-order valence-electron chi connectivity index (χ2n) is 4.66. The molecule has 0 fully saturated rings. The molecule has 0 amide bonds. The van der Waals surface area contributed by atoms with Crippen molar-refractivity contribution in [3.63, 3.8) is 0 Å². The number of nitrogens with one attached hydrogen (secondary N) is 2. The summed E-state index contributed by atoms with van der Waals surface area (Å²) in [7, 11) is 0. The smallest absolute Gasteiger partial charge is 0.252 e. The van der Waals surface area contributed by atoms with Gasteiger partial charge in [-0.25, -0.2) is 4.98 Å². The molecule has 0 radical (unpaired) electrons. The monoisotopic (exact) mass is 288 g/mol. The number of nitrogens with zero attached hydrogens (tertiary/aromatic N) is 2. The van der Waals surface area contributed by atoms with Crippen molar-refractivity contribution in [1.29, 1.82) is 5.26 Å². The van der Waals surface area contributed by atoms with E-state index < -0.39 is 0 Å². The van der Waals surface area contributed by atoms with Gasteiger partial charge in [-0.1, -0.05) is 30.3 Å². The summed E-state index contributed by atoms with van der Waals surface area (Å²) in [4.78, 5) is 18.9. The van der Waals surface area contributed by atoms with Crippen molar-refractivity contribution < 1.29 is 0 Å². The van der Waals surface area contributed by atoms with Crippen LogP contribution in [0, 0.1) is 11.3 Å². The van der Waals surface area contributed by atoms with Gasteiger partial charge in [-0.05, 0) is 24.3 Å². The molecule has 2 N–H and O–H groups in total. The quantitative estimate of drug-likeness (QED) is 0.776. The van der Waals surface area contributed by atoms with Crippen LogP contribution >= 0.6 is 0 Å². The van der Waals surface area contributed by atoms with Crippen LogP contribution in [0.1, 0.15) is 5.56 Å². The van der Waals surface area contributed by atoms with Crippen molar-refractivity contribution in [3.8, 4) is 17.3 Å². The number of aromatic nitrogens is 2. The minimum Gasteiger partial charge on any atom is -0.326 e. The van der Waals surface area contributed by atoms with Crippen LogP contribution in [0.3, 0.4) is 0 Å². The van der Waals surface area contributed by atoms with Gasteiger partial charge in [0, 0.05) is 17.3 Å². The van der Waals surface area contributed by atoms with Gasteiger partial charge in [-0.2, -0.15) is 5.26 Å². The van der Waals surface area contributed by atoms with Crippen molar-refractivity contribution in [2.75, 3.05) is 5.32 Å². The van der Waals surface area contributed by atoms with Crippen LogP contribution in [0.2, 0.25) is 0 Å². The lowest BCUT2D eigenvalue weighted by Gasteiger charge is -2.07. The van der Waals surface area contributed by atoms with Gasteiger partial charge < -0.3 is 5.32 Å². The second kappa shape index (κ2) is 5.94. The lowest BCUT2D eigenvalue weighted by molar-refractivity contribution is 1.12. The fourth-order valence-corrected chi connectivity index (χ4v) is 2.04. The number of hydrogen-bond donors (Lipinski definition) is 2. The number of benzene rings is 2. The van der Waals surface area contributed by atoms with E-state index in [2.05, 4.69) is 21.4 Å². The fourth-order valence-electron chi connectivity index (χ4n) is 2.04. The van der Waals surface area contributed by atoms with E-state index in [4.69, 9.17) is 5.26 Å². The summed E-state index contributed by atoms with van der Waals surface area (Å²) in [5, 5.41) is 11.8. The van der Waals surface area contributed by atoms with Crippen LogP contribution in [0.15, 0.2) is 65.5 Å². The highest BCUT2D eigenvalue weighted by atomic mass is 16.1. The molecule has 5 heteroatoms. The number of hydrogen-bond acceptors (Lipinski definition) is 4. The van der Waals surface area contributed by atoms with Crippen LogP contribution in [-0.4, -0.2) is 9.97 Å². The third kappa shape index (κ3) is 3.02. The molecule has 5 nitrogen and oxygen atoms in total. The van der Waals surface area contributed by atoms with Crippen LogP contribution in [0.5, 0.6) is 0 Å². The number of anilines is 2. The molecule has 106 valence electrons. The number of rotatable bonds is 3. The van der Waals surface area contributed by atoms with Crippen molar-refractivity contribution >= 4 is 11.6 Å². The zero-order valence-electron chi connectivity index (χ0n) is 11.6. The molecule has 0 bridgehead atoms. The molecule has 0 aliphatic rings. The molecule has 0 unspecified atom stereocenters. The molecular formula is C17H12N4O. The summed E-state index contributed by atoms with van der Waals surface area (Å²) in [6.07, 6.45) is 0. The maximum absolute atomic E-state index is 11.8. The Morgan fingerprint density at radius 2 is 1.77 bits per heavy atom. The van der Waals surface area contributed by atoms with Gasteiger partial charge in [0.2, 0.25) is 5.95 Å². The number of H-pyrrole nitrogens is 1. The Morgan fingerprint density at radius 1 is 1.05 bits per heavy atom. The first-order valence-electron chi connectivity index (χ1n) is 6.68. The maximum Gasteiger partial charge on any atom is 0.252 e. The molecule has 0 atom stereocenters. The normalized spacial score (nSPS) is 9.95. The van der Waals surface area contributed by atoms with E-state index in [1.807, 2.05) is 30.3 Å². The van der Waals surface area contributed by atoms with Gasteiger partial charge in [-0.15, -0.1) is 0 Å². The summed E-state index contributed by atoms with van der Waals surface area (Å²) < 4.78 is 0. The molecule has 1 aromatic heterocycles. The first-order valence-corrected chi connectivity index (χ1v) is 6.68. The first-order chi connectivity index (χ1) is 10.7. The van der Waals surface area contributed by atoms with Crippen LogP contribution < -0.4 is 10.9 Å². The predicted molar refractivity (Wildman–Crippen MR) is 84.7 cm³/mol. The van der Waals surface area contributed by atoms with Gasteiger partial charge in [0.05, 0.1) is 17.3 Å². The summed E-state index contributed by atoms with van der Waals surface area (Å²) in [5.41, 5.74) is 2.55. The molecule has 1 heterocycles. The average molecular weight is 288 g/mol. The van der Waals surface area contributed by atoms with Gasteiger partial charge in [0.15, 0.2) is 0 Å². The summed E-state index contributed by atoms with van der Waals surface area (Å²) in [6.45, 7) is 0. The van der Waals surface area contributed by atoms with E-state index >= 15 is 0 Å². The van der Waals surface area contributed by atoms with Crippen LogP contribution in [-0.2, 0) is 0 Å². The van der Waals surface area contributed by atoms with Crippen LogP contribution in [0.4, 0.5) is 11.6 Å². The van der Waals surface area contributed by atoms with E-state index in [1.165, 1.54) is 6.07 Å². The first kappa shape index (κ1) is 13.6. The molecule has 0 aliphatic heterocycles. The summed E-state index contributed by atoms with van der Waals surface area (Å²) in [5.74, 6) is 0.357. The maximum atomic E-state index is 11.8. The second-order valence-corrected chi connectivity index (χ2v) is 4.66. The summed E-state index contributed by atoms with van der Waals surface area (Å²) in [6, 6.07) is 19.9. The average Bonchev–Trinajstić information content (AvgIpc) is 2.56. The molecule has 0 saturated carbocycles. The van der Waals surface area contributed by atoms with Gasteiger partial charge in [-0.3, -0.25) is 9.78 Å². The van der Waals surface area contributed by atoms with E-state index in [1.54, 1.807) is 24.3 Å². The molecule has 0 saturated heterocycles. The Kier molecular flexibility index (Phi) is 3.67. The van der Waals surface area contributed by atoms with E-state index in [0.717, 1.165) is 11.3 Å². The molecule has 0 aliphatic carbocycles. The van der Waals surface area contributed by atoms with Crippen LogP contribution in [0.25, 0.3) is 11.3 Å². The van der Waals surface area contributed by atoms with Crippen molar-refractivity contribution in [3.05, 3.63) is 76.6 Å². The van der Waals surface area contributed by atoms with Gasteiger partial charge >= 0.3 is 0 Å². The summed E-state index contributed by atoms with van der Waals surface area (Å²) >= 11 is 0. The topological polar surface area (TPSA) is 81.6 Å². The number of nitriles is 1. The molecule has 2 aromatic carbocycles. The van der Waals surface area contributed by atoms with E-state index in [-0.39, 0.29) is 5.56 Å². The zero-order valence-corrected chi connectivity index (χ0v) is 11.6. The SMILES string of the molecule is N#Cc1ccc(Nc2nc(-c3ccccc3)cc(=O)[nH]2)cc1. The Balaban J connectivity index is 1.93. The largest absolute Gasteiger partial charge is 0.326 e. The van der Waals surface area contributed by atoms with Crippen molar-refractivity contribution in [2.45, 2.75) is 0 Å². The third-order valence-corrected chi connectivity index (χ3v) is 3.09. The molecule has 0 spiro atoms. The lowest BCUT2D eigenvalue weighted by Crippen LogP contribution is -2.10. The van der Waals surface area contributed by atoms with Gasteiger partial charge in [0.25, 0.3) is 5.56 Å². The predicted octanol–water partition coefficient (Wildman–Crippen LogP) is 3.05. The molecule has 3 rings (SSSR count). The van der Waals surface area contributed by atoms with Crippen molar-refractivity contribution in [2.24, 2.45) is 0 Å². The highest BCUT2D eigenvalue weighted by Gasteiger charge is 2.04. The Morgan fingerprint density at radius 3 is 2.45 bits per heavy atom. The highest BCUT2D eigenvalue weighted by Crippen LogP contribution is 2.18. The molecular weight excluding hydrogens is 276 g/mol. The lowest BCUT2D eigenvalue weighted by atomic mass is 10.1. The zero-order chi connectivity index (χ0) is 15.4. The Hall–Kier alpha value is -3.39. The molecule has 22 heavy (non-hydrogen) atoms. The van der Waals surface area contributed by atoms with E-state index in [9.17, 15) is 4.79 Å². The molecule has 3 aromatic rings. The number of aromatic amines is 1. The standard InChI is InChI=1S/C17H12N4O/c18-11-12-6-8-14(9-7-12)19-17-20-15(10-16(22)21-17)13-4-2-1-3-5-13/h1-10H,(H2,19,20,21,22). The van der Waals surface area contributed by atoms with E-state index in [0.29, 0.717) is 17.2 Å². The van der Waals surface area contributed by atoms with Crippen molar-refractivity contribution in [1.82, 2.24) is 9.97 Å². The third-order valence-electron chi connectivity index (χ3n) is 3.09. The fraction of sp³-hybridized carbons (Fsp3) is 0. The van der Waals surface area contributed by atoms with Gasteiger partial charge in [0.1, 0.15) is 0 Å². The Bertz CT molecular complexity index is 877. The highest BCUT2D eigenvalue weighted by molar-refractivity contribution is 5.62.